The van der Waals surface area contributed by atoms with Gasteiger partial charge in [-0.15, -0.1) is 11.3 Å². The molecule has 0 aliphatic rings. The highest BCUT2D eigenvalue weighted by Crippen LogP contribution is 2.37. The monoisotopic (exact) mass is 690 g/mol. The molecule has 0 spiro atoms. The van der Waals surface area contributed by atoms with Gasteiger partial charge in [0, 0.05) is 22.2 Å². The molecule has 2 N–H and O–H groups in total. The van der Waals surface area contributed by atoms with Crippen molar-refractivity contribution < 1.29 is 14.3 Å². The fourth-order valence-electron chi connectivity index (χ4n) is 4.80. The Hall–Kier alpha value is -4.99. The van der Waals surface area contributed by atoms with Crippen molar-refractivity contribution in [1.29, 1.82) is 0 Å². The van der Waals surface area contributed by atoms with E-state index in [9.17, 15) is 4.79 Å². The minimum atomic E-state index is -0.317. The summed E-state index contributed by atoms with van der Waals surface area (Å²) in [6, 6.07) is 33.7. The second-order valence-corrected chi connectivity index (χ2v) is 12.3. The Morgan fingerprint density at radius 2 is 1.72 bits per heavy atom. The minimum Gasteiger partial charge on any atom is -0.490 e. The molecule has 0 atom stereocenters. The Kier molecular flexibility index (Phi) is 9.71. The number of aromatic nitrogens is 1. The molecule has 7 nitrogen and oxygen atoms in total. The van der Waals surface area contributed by atoms with E-state index in [-0.39, 0.29) is 5.91 Å². The van der Waals surface area contributed by atoms with E-state index in [1.165, 1.54) is 22.3 Å². The van der Waals surface area contributed by atoms with Gasteiger partial charge in [0.05, 0.1) is 23.0 Å². The molecule has 1 amide bonds. The highest BCUT2D eigenvalue weighted by Gasteiger charge is 2.13. The van der Waals surface area contributed by atoms with Gasteiger partial charge in [-0.2, -0.15) is 5.10 Å². The van der Waals surface area contributed by atoms with Gasteiger partial charge in [-0.25, -0.2) is 10.4 Å². The number of hydrogen-bond donors (Lipinski definition) is 2. The topological polar surface area (TPSA) is 84.8 Å². The van der Waals surface area contributed by atoms with Crippen LogP contribution in [0.5, 0.6) is 11.5 Å². The maximum Gasteiger partial charge on any atom is 0.271 e. The molecule has 0 bridgehead atoms. The van der Waals surface area contributed by atoms with Gasteiger partial charge in [-0.1, -0.05) is 66.2 Å². The number of thiazole rings is 1. The van der Waals surface area contributed by atoms with Gasteiger partial charge in [-0.05, 0) is 94.1 Å². The van der Waals surface area contributed by atoms with E-state index in [2.05, 4.69) is 86.1 Å². The average Bonchev–Trinajstić information content (AvgIpc) is 3.54. The quantitative estimate of drug-likeness (QED) is 0.104. The van der Waals surface area contributed by atoms with Crippen molar-refractivity contribution in [3.8, 4) is 22.8 Å². The van der Waals surface area contributed by atoms with Crippen molar-refractivity contribution in [3.63, 3.8) is 0 Å². The first kappa shape index (κ1) is 31.0. The predicted molar refractivity (Wildman–Crippen MR) is 191 cm³/mol. The van der Waals surface area contributed by atoms with E-state index in [1.807, 2.05) is 60.8 Å². The number of hydrazone groups is 1. The van der Waals surface area contributed by atoms with E-state index < -0.39 is 0 Å². The fraction of sp³-hybridized carbons (Fsp3) is 0.108. The van der Waals surface area contributed by atoms with E-state index >= 15 is 0 Å². The molecule has 5 aromatic carbocycles. The summed E-state index contributed by atoms with van der Waals surface area (Å²) in [5.41, 5.74) is 8.84. The Morgan fingerprint density at radius 3 is 2.50 bits per heavy atom. The van der Waals surface area contributed by atoms with Crippen LogP contribution in [0.3, 0.4) is 0 Å². The van der Waals surface area contributed by atoms with Crippen LogP contribution >= 0.6 is 27.3 Å². The van der Waals surface area contributed by atoms with Crippen LogP contribution in [-0.2, 0) is 6.61 Å². The van der Waals surface area contributed by atoms with Gasteiger partial charge in [0.2, 0.25) is 0 Å². The lowest BCUT2D eigenvalue weighted by Gasteiger charge is -2.15. The first-order chi connectivity index (χ1) is 22.4. The Labute approximate surface area is 280 Å². The number of nitrogens with zero attached hydrogens (tertiary/aromatic N) is 2. The fourth-order valence-corrected chi connectivity index (χ4v) is 6.11. The summed E-state index contributed by atoms with van der Waals surface area (Å²) in [6.07, 6.45) is 1.57. The van der Waals surface area contributed by atoms with Crippen LogP contribution in [0.2, 0.25) is 0 Å². The first-order valence-corrected chi connectivity index (χ1v) is 16.4. The molecule has 0 aliphatic heterocycles. The lowest BCUT2D eigenvalue weighted by Crippen LogP contribution is -2.17. The van der Waals surface area contributed by atoms with Crippen LogP contribution in [0.15, 0.2) is 118 Å². The summed E-state index contributed by atoms with van der Waals surface area (Å²) in [6.45, 7) is 4.84. The van der Waals surface area contributed by atoms with Crippen molar-refractivity contribution in [2.45, 2.75) is 20.5 Å². The van der Waals surface area contributed by atoms with E-state index in [1.54, 1.807) is 18.3 Å². The largest absolute Gasteiger partial charge is 0.490 e. The molecular weight excluding hydrogens is 660 g/mol. The Balaban J connectivity index is 1.07. The number of amides is 1. The van der Waals surface area contributed by atoms with Gasteiger partial charge >= 0.3 is 0 Å². The van der Waals surface area contributed by atoms with Crippen LogP contribution in [0.25, 0.3) is 22.0 Å². The molecule has 6 aromatic rings. The van der Waals surface area contributed by atoms with Crippen molar-refractivity contribution in [2.75, 3.05) is 11.9 Å². The third kappa shape index (κ3) is 7.62. The maximum absolute atomic E-state index is 12.8. The van der Waals surface area contributed by atoms with Crippen molar-refractivity contribution >= 4 is 61.0 Å². The zero-order chi connectivity index (χ0) is 31.9. The van der Waals surface area contributed by atoms with Crippen LogP contribution in [0.4, 0.5) is 10.8 Å². The van der Waals surface area contributed by atoms with Crippen LogP contribution in [0.1, 0.15) is 34.0 Å². The Bertz CT molecular complexity index is 2010. The summed E-state index contributed by atoms with van der Waals surface area (Å²) >= 11 is 5.15. The van der Waals surface area contributed by atoms with E-state index in [0.717, 1.165) is 43.1 Å². The highest BCUT2D eigenvalue weighted by atomic mass is 79.9. The number of rotatable bonds is 11. The van der Waals surface area contributed by atoms with Crippen molar-refractivity contribution in [2.24, 2.45) is 5.10 Å². The maximum atomic E-state index is 12.8. The number of benzene rings is 5. The van der Waals surface area contributed by atoms with Gasteiger partial charge in [0.25, 0.3) is 5.91 Å². The number of ether oxygens (including phenoxy) is 2. The van der Waals surface area contributed by atoms with Gasteiger partial charge in [0.15, 0.2) is 16.6 Å². The number of nitrogens with one attached hydrogen (secondary N) is 2. The van der Waals surface area contributed by atoms with Crippen LogP contribution in [-0.4, -0.2) is 23.7 Å². The molecule has 46 heavy (non-hydrogen) atoms. The third-order valence-corrected chi connectivity index (χ3v) is 8.51. The molecule has 0 fully saturated rings. The predicted octanol–water partition coefficient (Wildman–Crippen LogP) is 9.52. The van der Waals surface area contributed by atoms with Crippen molar-refractivity contribution in [1.82, 2.24) is 10.4 Å². The molecule has 6 rings (SSSR count). The second-order valence-electron chi connectivity index (χ2n) is 10.5. The average molecular weight is 692 g/mol. The number of carbonyl (C=O) groups is 1. The summed E-state index contributed by atoms with van der Waals surface area (Å²) in [4.78, 5) is 17.5. The number of carbonyl (C=O) groups excluding carboxylic acids is 1. The molecule has 0 saturated carbocycles. The number of fused-ring (bicyclic) bond motifs is 1. The zero-order valence-corrected chi connectivity index (χ0v) is 27.7. The number of anilines is 2. The standard InChI is InChI=1S/C37H31BrN4O3S/c1-3-44-34-20-26(19-32(38)35(34)45-22-25-10-11-27-6-4-5-7-30(27)18-25)21-39-42-36(43)29-14-12-28(13-15-29)33-23-46-37(41-33)40-31-16-8-24(2)9-17-31/h4-21,23H,3,22H2,1-2H3,(H,40,41)(H,42,43)/b39-21-. The summed E-state index contributed by atoms with van der Waals surface area (Å²) < 4.78 is 12.8. The summed E-state index contributed by atoms with van der Waals surface area (Å²) in [5.74, 6) is 0.872. The minimum absolute atomic E-state index is 0.317. The normalized spacial score (nSPS) is 11.1. The summed E-state index contributed by atoms with van der Waals surface area (Å²) in [7, 11) is 0. The first-order valence-electron chi connectivity index (χ1n) is 14.7. The second kappa shape index (κ2) is 14.4. The lowest BCUT2D eigenvalue weighted by molar-refractivity contribution is 0.0955. The van der Waals surface area contributed by atoms with Crippen molar-refractivity contribution in [3.05, 3.63) is 135 Å². The molecule has 0 aliphatic carbocycles. The molecular formula is C37H31BrN4O3S. The Morgan fingerprint density at radius 1 is 0.935 bits per heavy atom. The molecule has 0 saturated heterocycles. The molecule has 9 heteroatoms. The molecule has 1 aromatic heterocycles. The van der Waals surface area contributed by atoms with E-state index in [4.69, 9.17) is 9.47 Å². The van der Waals surface area contributed by atoms with Crippen LogP contribution < -0.4 is 20.2 Å². The van der Waals surface area contributed by atoms with Crippen LogP contribution in [0, 0.1) is 6.92 Å². The highest BCUT2D eigenvalue weighted by molar-refractivity contribution is 9.10. The van der Waals surface area contributed by atoms with Gasteiger partial charge in [-0.3, -0.25) is 4.79 Å². The van der Waals surface area contributed by atoms with E-state index in [0.29, 0.717) is 30.3 Å². The zero-order valence-electron chi connectivity index (χ0n) is 25.3. The molecule has 1 heterocycles. The molecule has 230 valence electrons. The summed E-state index contributed by atoms with van der Waals surface area (Å²) in [5, 5.41) is 12.7. The molecule has 0 radical (unpaired) electrons. The third-order valence-electron chi connectivity index (χ3n) is 7.16. The number of hydrogen-bond acceptors (Lipinski definition) is 7. The smallest absolute Gasteiger partial charge is 0.271 e. The molecule has 0 unspecified atom stereocenters. The lowest BCUT2D eigenvalue weighted by atomic mass is 10.1. The van der Waals surface area contributed by atoms with Gasteiger partial charge < -0.3 is 14.8 Å². The SMILES string of the molecule is CCOc1cc(/C=N\NC(=O)c2ccc(-c3csc(Nc4ccc(C)cc4)n3)cc2)cc(Br)c1OCc1ccc2ccccc2c1. The van der Waals surface area contributed by atoms with Gasteiger partial charge in [0.1, 0.15) is 6.61 Å². The number of halogens is 1. The number of aryl methyl sites for hydroxylation is 1.